The highest BCUT2D eigenvalue weighted by molar-refractivity contribution is 7.24. The monoisotopic (exact) mass is 444 g/mol. The summed E-state index contributed by atoms with van der Waals surface area (Å²) in [6.45, 7) is 3.39. The van der Waals surface area contributed by atoms with Crippen molar-refractivity contribution >= 4 is 31.5 Å². The van der Waals surface area contributed by atoms with Crippen molar-refractivity contribution in [3.8, 4) is 11.5 Å². The van der Waals surface area contributed by atoms with E-state index in [2.05, 4.69) is 42.3 Å². The summed E-state index contributed by atoms with van der Waals surface area (Å²) < 4.78 is 15.6. The summed E-state index contributed by atoms with van der Waals surface area (Å²) in [6, 6.07) is 11.7. The second-order valence-electron chi connectivity index (χ2n) is 10.2. The average molecular weight is 445 g/mol. The molecule has 3 rings (SSSR count). The van der Waals surface area contributed by atoms with Crippen molar-refractivity contribution in [2.24, 2.45) is 0 Å². The first-order valence-corrected chi connectivity index (χ1v) is 11.7. The molecule has 0 saturated heterocycles. The van der Waals surface area contributed by atoms with E-state index in [0.717, 1.165) is 55.8 Å². The minimum Gasteiger partial charge on any atom is -0.493 e. The van der Waals surface area contributed by atoms with Gasteiger partial charge in [-0.05, 0) is 36.4 Å². The zero-order chi connectivity index (χ0) is 22.6. The zero-order valence-corrected chi connectivity index (χ0v) is 20.6. The van der Waals surface area contributed by atoms with Gasteiger partial charge in [-0.1, -0.05) is 0 Å². The molecule has 0 spiro atoms. The predicted octanol–water partition coefficient (Wildman–Crippen LogP) is 4.36. The normalized spacial score (nSPS) is 12.5. The van der Waals surface area contributed by atoms with Gasteiger partial charge < -0.3 is 18.4 Å². The zero-order valence-electron chi connectivity index (χ0n) is 19.7. The fourth-order valence-corrected chi connectivity index (χ4v) is 4.48. The van der Waals surface area contributed by atoms with Crippen LogP contribution < -0.4 is 14.9 Å². The summed E-state index contributed by atoms with van der Waals surface area (Å²) in [4.78, 5) is 13.2. The maximum absolute atomic E-state index is 13.2. The highest BCUT2D eigenvalue weighted by Crippen LogP contribution is 2.29. The number of benzene rings is 2. The number of hydrogen-bond acceptors (Lipinski definition) is 4. The minimum absolute atomic E-state index is 0.0392. The van der Waals surface area contributed by atoms with E-state index in [9.17, 15) is 4.79 Å². The van der Waals surface area contributed by atoms with E-state index in [1.807, 2.05) is 36.4 Å². The number of quaternary nitrogens is 2. The maximum atomic E-state index is 13.2. The molecule has 1 heterocycles. The lowest BCUT2D eigenvalue weighted by Gasteiger charge is -2.23. The van der Waals surface area contributed by atoms with Crippen LogP contribution in [0.2, 0.25) is 0 Å². The van der Waals surface area contributed by atoms with Gasteiger partial charge in [-0.15, -0.1) is 11.3 Å². The van der Waals surface area contributed by atoms with Crippen LogP contribution in [0.3, 0.4) is 0 Å². The summed E-state index contributed by atoms with van der Waals surface area (Å²) >= 11 is 1.63. The second kappa shape index (κ2) is 9.55. The van der Waals surface area contributed by atoms with E-state index in [1.54, 1.807) is 11.3 Å². The first-order valence-electron chi connectivity index (χ1n) is 10.9. The Balaban J connectivity index is 1.76. The van der Waals surface area contributed by atoms with E-state index in [-0.39, 0.29) is 5.43 Å². The van der Waals surface area contributed by atoms with E-state index in [1.165, 1.54) is 0 Å². The molecular weight excluding hydrogens is 408 g/mol. The lowest BCUT2D eigenvalue weighted by Crippen LogP contribution is -2.36. The Bertz CT molecular complexity index is 1010. The molecule has 0 amide bonds. The topological polar surface area (TPSA) is 35.5 Å². The van der Waals surface area contributed by atoms with Gasteiger partial charge in [0.1, 0.15) is 11.5 Å². The molecule has 0 unspecified atom stereocenters. The Morgan fingerprint density at radius 1 is 0.710 bits per heavy atom. The number of fused-ring (bicyclic) bond motifs is 2. The smallest absolute Gasteiger partial charge is 0.196 e. The quantitative estimate of drug-likeness (QED) is 0.265. The van der Waals surface area contributed by atoms with E-state index >= 15 is 0 Å². The molecule has 6 heteroatoms. The Morgan fingerprint density at radius 3 is 1.52 bits per heavy atom. The lowest BCUT2D eigenvalue weighted by molar-refractivity contribution is -0.870. The third kappa shape index (κ3) is 6.92. The van der Waals surface area contributed by atoms with Gasteiger partial charge in [0.15, 0.2) is 5.43 Å². The number of rotatable bonds is 10. The van der Waals surface area contributed by atoms with Crippen LogP contribution in [-0.4, -0.2) is 77.6 Å². The predicted molar refractivity (Wildman–Crippen MR) is 132 cm³/mol. The third-order valence-electron chi connectivity index (χ3n) is 5.10. The van der Waals surface area contributed by atoms with Gasteiger partial charge in [0.25, 0.3) is 0 Å². The summed E-state index contributed by atoms with van der Waals surface area (Å²) in [5, 5.41) is 1.42. The van der Waals surface area contributed by atoms with Gasteiger partial charge >= 0.3 is 0 Å². The molecule has 5 nitrogen and oxygen atoms in total. The molecule has 168 valence electrons. The van der Waals surface area contributed by atoms with Crippen LogP contribution in [0, 0.1) is 0 Å². The highest BCUT2D eigenvalue weighted by Gasteiger charge is 2.11. The molecular formula is C25H36N2O3S+2. The number of ether oxygens (including phenoxy) is 2. The summed E-state index contributed by atoms with van der Waals surface area (Å²) in [5.74, 6) is 1.51. The van der Waals surface area contributed by atoms with Crippen molar-refractivity contribution in [3.63, 3.8) is 0 Å². The van der Waals surface area contributed by atoms with Crippen LogP contribution in [-0.2, 0) is 0 Å². The van der Waals surface area contributed by atoms with Crippen LogP contribution in [0.4, 0.5) is 0 Å². The first kappa shape index (κ1) is 23.5. The summed E-state index contributed by atoms with van der Waals surface area (Å²) in [7, 11) is 13.0. The van der Waals surface area contributed by atoms with Gasteiger partial charge in [-0.25, -0.2) is 0 Å². The molecule has 2 aromatic carbocycles. The van der Waals surface area contributed by atoms with Crippen molar-refractivity contribution in [1.29, 1.82) is 0 Å². The van der Waals surface area contributed by atoms with E-state index in [4.69, 9.17) is 9.47 Å². The van der Waals surface area contributed by atoms with Crippen molar-refractivity contribution < 1.29 is 18.4 Å². The largest absolute Gasteiger partial charge is 0.493 e. The van der Waals surface area contributed by atoms with Crippen LogP contribution in [0.15, 0.2) is 41.2 Å². The lowest BCUT2D eigenvalue weighted by atomic mass is 10.1. The van der Waals surface area contributed by atoms with Gasteiger partial charge in [-0.3, -0.25) is 4.79 Å². The van der Waals surface area contributed by atoms with Crippen molar-refractivity contribution in [2.45, 2.75) is 12.8 Å². The number of nitrogens with zero attached hydrogens (tertiary/aromatic N) is 2. The molecule has 0 aliphatic rings. The van der Waals surface area contributed by atoms with Gasteiger partial charge in [-0.2, -0.15) is 0 Å². The van der Waals surface area contributed by atoms with Crippen LogP contribution in [0.5, 0.6) is 11.5 Å². The Morgan fingerprint density at radius 2 is 1.13 bits per heavy atom. The fourth-order valence-electron chi connectivity index (χ4n) is 3.45. The third-order valence-corrected chi connectivity index (χ3v) is 6.25. The number of hydrogen-bond donors (Lipinski definition) is 0. The molecule has 3 aromatic rings. The van der Waals surface area contributed by atoms with Crippen LogP contribution in [0.25, 0.3) is 20.2 Å². The van der Waals surface area contributed by atoms with Gasteiger partial charge in [0.2, 0.25) is 0 Å². The van der Waals surface area contributed by atoms with Crippen molar-refractivity contribution in [1.82, 2.24) is 0 Å². The second-order valence-corrected chi connectivity index (χ2v) is 11.3. The van der Waals surface area contributed by atoms with E-state index in [0.29, 0.717) is 24.0 Å². The summed E-state index contributed by atoms with van der Waals surface area (Å²) in [6.07, 6.45) is 1.95. The molecule has 0 radical (unpaired) electrons. The van der Waals surface area contributed by atoms with Gasteiger partial charge in [0, 0.05) is 33.0 Å². The van der Waals surface area contributed by atoms with Gasteiger partial charge in [0.05, 0.1) is 68.6 Å². The molecule has 0 aliphatic heterocycles. The average Bonchev–Trinajstić information content (AvgIpc) is 2.68. The van der Waals surface area contributed by atoms with Crippen LogP contribution >= 0.6 is 11.3 Å². The van der Waals surface area contributed by atoms with E-state index < -0.39 is 0 Å². The molecule has 0 fully saturated rings. The molecule has 31 heavy (non-hydrogen) atoms. The Hall–Kier alpha value is -2.15. The molecule has 0 atom stereocenters. The van der Waals surface area contributed by atoms with Crippen molar-refractivity contribution in [3.05, 3.63) is 46.6 Å². The SMILES string of the molecule is C[N+](C)(C)CCCOc1ccc2sc3ccc(OCCC[N+](C)(C)C)cc3c(=O)c2c1. The molecule has 0 saturated carbocycles. The molecule has 0 N–H and O–H groups in total. The minimum atomic E-state index is 0.0392. The standard InChI is InChI=1S/C25H36N2O3S/c1-26(2,3)13-7-15-29-19-9-11-23-21(17-19)25(28)22-18-20(10-12-24(22)31-23)30-16-8-14-27(4,5)6/h9-12,17-18H,7-8,13-16H2,1-6H3/q+2. The Labute approximate surface area is 189 Å². The molecule has 0 aliphatic carbocycles. The Kier molecular flexibility index (Phi) is 7.24. The van der Waals surface area contributed by atoms with Crippen molar-refractivity contribution in [2.75, 3.05) is 68.6 Å². The molecule has 0 bridgehead atoms. The first-order chi connectivity index (χ1) is 14.5. The fraction of sp³-hybridized carbons (Fsp3) is 0.480. The van der Waals surface area contributed by atoms with Crippen LogP contribution in [0.1, 0.15) is 12.8 Å². The highest BCUT2D eigenvalue weighted by atomic mass is 32.1. The maximum Gasteiger partial charge on any atom is 0.196 e. The summed E-state index contributed by atoms with van der Waals surface area (Å²) in [5.41, 5.74) is 0.0392. The molecule has 1 aromatic heterocycles.